The summed E-state index contributed by atoms with van der Waals surface area (Å²) in [6.07, 6.45) is 55.6. The Labute approximate surface area is 365 Å². The highest BCUT2D eigenvalue weighted by molar-refractivity contribution is 5.71. The summed E-state index contributed by atoms with van der Waals surface area (Å²) in [7, 11) is 0. The van der Waals surface area contributed by atoms with Gasteiger partial charge in [0.25, 0.3) is 0 Å². The highest BCUT2D eigenvalue weighted by Gasteiger charge is 2.19. The Balaban J connectivity index is 4.36. The van der Waals surface area contributed by atoms with Crippen LogP contribution in [0.3, 0.4) is 0 Å². The molecular formula is C53H96O6. The molecule has 0 heterocycles. The van der Waals surface area contributed by atoms with Gasteiger partial charge in [-0.25, -0.2) is 0 Å². The zero-order valence-electron chi connectivity index (χ0n) is 39.3. The van der Waals surface area contributed by atoms with E-state index < -0.39 is 6.10 Å². The van der Waals surface area contributed by atoms with Crippen LogP contribution in [0.5, 0.6) is 0 Å². The molecule has 0 aliphatic rings. The molecule has 0 aromatic carbocycles. The van der Waals surface area contributed by atoms with Gasteiger partial charge < -0.3 is 14.2 Å². The van der Waals surface area contributed by atoms with Crippen molar-refractivity contribution in [3.63, 3.8) is 0 Å². The second kappa shape index (κ2) is 48.3. The van der Waals surface area contributed by atoms with Crippen LogP contribution >= 0.6 is 0 Å². The number of esters is 3. The average molecular weight is 829 g/mol. The largest absolute Gasteiger partial charge is 0.462 e. The van der Waals surface area contributed by atoms with E-state index in [2.05, 4.69) is 57.2 Å². The Bertz CT molecular complexity index is 1000. The standard InChI is InChI=1S/C53H96O6/c1-4-7-10-13-16-19-22-25-26-27-29-31-34-37-40-43-46-52(55)58-49-50(48-57-51(54)45-42-39-36-33-30-24-21-18-15-12-9-6-3)59-53(56)47-44-41-38-35-32-28-23-20-17-14-11-8-5-2/h9,12,18,21,30,33,50H,4-8,10-11,13-17,19-20,22-29,31-32,34-49H2,1-3H3/b12-9-,21-18-,33-30-. The molecule has 59 heavy (non-hydrogen) atoms. The number of hydrogen-bond acceptors (Lipinski definition) is 6. The van der Waals surface area contributed by atoms with E-state index >= 15 is 0 Å². The minimum Gasteiger partial charge on any atom is -0.462 e. The van der Waals surface area contributed by atoms with Crippen LogP contribution in [0.2, 0.25) is 0 Å². The Morgan fingerprint density at radius 2 is 0.661 bits per heavy atom. The second-order valence-electron chi connectivity index (χ2n) is 17.1. The van der Waals surface area contributed by atoms with E-state index in [1.165, 1.54) is 148 Å². The molecule has 0 N–H and O–H groups in total. The number of carbonyl (C=O) groups is 3. The zero-order chi connectivity index (χ0) is 43.0. The van der Waals surface area contributed by atoms with Gasteiger partial charge in [-0.2, -0.15) is 0 Å². The number of rotatable bonds is 46. The maximum absolute atomic E-state index is 12.8. The summed E-state index contributed by atoms with van der Waals surface area (Å²) in [5.74, 6) is -0.910. The molecule has 0 spiro atoms. The van der Waals surface area contributed by atoms with E-state index in [0.717, 1.165) is 77.0 Å². The van der Waals surface area contributed by atoms with Crippen LogP contribution in [0.4, 0.5) is 0 Å². The van der Waals surface area contributed by atoms with Crippen molar-refractivity contribution in [2.45, 2.75) is 271 Å². The van der Waals surface area contributed by atoms with Crippen molar-refractivity contribution in [2.24, 2.45) is 0 Å². The lowest BCUT2D eigenvalue weighted by atomic mass is 10.0. The quantitative estimate of drug-likeness (QED) is 0.0263. The monoisotopic (exact) mass is 829 g/mol. The molecule has 0 saturated heterocycles. The van der Waals surface area contributed by atoms with Crippen LogP contribution in [0, 0.1) is 0 Å². The van der Waals surface area contributed by atoms with E-state index in [4.69, 9.17) is 14.2 Å². The van der Waals surface area contributed by atoms with Gasteiger partial charge in [0, 0.05) is 19.3 Å². The molecule has 0 bridgehead atoms. The van der Waals surface area contributed by atoms with Crippen molar-refractivity contribution in [2.75, 3.05) is 13.2 Å². The van der Waals surface area contributed by atoms with Gasteiger partial charge in [-0.05, 0) is 51.4 Å². The number of ether oxygens (including phenoxy) is 3. The van der Waals surface area contributed by atoms with Gasteiger partial charge in [0.15, 0.2) is 6.10 Å². The predicted molar refractivity (Wildman–Crippen MR) is 252 cm³/mol. The molecule has 0 aliphatic carbocycles. The van der Waals surface area contributed by atoms with Gasteiger partial charge in [0.2, 0.25) is 0 Å². The van der Waals surface area contributed by atoms with Crippen molar-refractivity contribution in [1.29, 1.82) is 0 Å². The van der Waals surface area contributed by atoms with E-state index in [1.807, 2.05) is 0 Å². The fourth-order valence-electron chi connectivity index (χ4n) is 7.34. The van der Waals surface area contributed by atoms with Crippen LogP contribution in [0.15, 0.2) is 36.5 Å². The molecule has 0 radical (unpaired) electrons. The summed E-state index contributed by atoms with van der Waals surface area (Å²) in [5.41, 5.74) is 0. The van der Waals surface area contributed by atoms with E-state index in [1.54, 1.807) is 0 Å². The minimum absolute atomic E-state index is 0.0799. The fraction of sp³-hybridized carbons (Fsp3) is 0.830. The van der Waals surface area contributed by atoms with Crippen LogP contribution in [0.25, 0.3) is 0 Å². The molecule has 0 fully saturated rings. The third kappa shape index (κ3) is 46.5. The lowest BCUT2D eigenvalue weighted by molar-refractivity contribution is -0.167. The molecule has 0 aromatic rings. The van der Waals surface area contributed by atoms with Crippen molar-refractivity contribution < 1.29 is 28.6 Å². The molecule has 6 nitrogen and oxygen atoms in total. The molecule has 1 atom stereocenters. The first-order valence-electron chi connectivity index (χ1n) is 25.5. The van der Waals surface area contributed by atoms with Crippen molar-refractivity contribution in [3.8, 4) is 0 Å². The third-order valence-corrected chi connectivity index (χ3v) is 11.2. The van der Waals surface area contributed by atoms with Crippen LogP contribution < -0.4 is 0 Å². The summed E-state index contributed by atoms with van der Waals surface area (Å²) in [5, 5.41) is 0. The summed E-state index contributed by atoms with van der Waals surface area (Å²) >= 11 is 0. The highest BCUT2D eigenvalue weighted by atomic mass is 16.6. The van der Waals surface area contributed by atoms with Gasteiger partial charge >= 0.3 is 17.9 Å². The van der Waals surface area contributed by atoms with E-state index in [9.17, 15) is 14.4 Å². The molecule has 344 valence electrons. The Morgan fingerprint density at radius 3 is 1.03 bits per heavy atom. The number of unbranched alkanes of at least 4 members (excludes halogenated alkanes) is 29. The average Bonchev–Trinajstić information content (AvgIpc) is 3.23. The third-order valence-electron chi connectivity index (χ3n) is 11.2. The molecule has 0 rings (SSSR count). The van der Waals surface area contributed by atoms with Gasteiger partial charge in [-0.15, -0.1) is 0 Å². The first kappa shape index (κ1) is 56.6. The number of hydrogen-bond donors (Lipinski definition) is 0. The molecule has 1 unspecified atom stereocenters. The van der Waals surface area contributed by atoms with Gasteiger partial charge in [0.1, 0.15) is 13.2 Å². The van der Waals surface area contributed by atoms with E-state index in [-0.39, 0.29) is 31.1 Å². The normalized spacial score (nSPS) is 12.3. The lowest BCUT2D eigenvalue weighted by Gasteiger charge is -2.18. The highest BCUT2D eigenvalue weighted by Crippen LogP contribution is 2.16. The van der Waals surface area contributed by atoms with Crippen LogP contribution in [-0.4, -0.2) is 37.2 Å². The number of allylic oxidation sites excluding steroid dienone is 6. The van der Waals surface area contributed by atoms with Crippen molar-refractivity contribution >= 4 is 17.9 Å². The smallest absolute Gasteiger partial charge is 0.306 e. The second-order valence-corrected chi connectivity index (χ2v) is 17.1. The predicted octanol–water partition coefficient (Wildman–Crippen LogP) is 16.5. The molecule has 6 heteroatoms. The summed E-state index contributed by atoms with van der Waals surface area (Å²) < 4.78 is 16.8. The first-order valence-corrected chi connectivity index (χ1v) is 25.5. The first-order chi connectivity index (χ1) is 29.0. The fourth-order valence-corrected chi connectivity index (χ4v) is 7.34. The van der Waals surface area contributed by atoms with Crippen molar-refractivity contribution in [3.05, 3.63) is 36.5 Å². The van der Waals surface area contributed by atoms with Gasteiger partial charge in [0.05, 0.1) is 0 Å². The molecule has 0 amide bonds. The topological polar surface area (TPSA) is 78.9 Å². The summed E-state index contributed by atoms with van der Waals surface area (Å²) in [6, 6.07) is 0. The number of carbonyl (C=O) groups excluding carboxylic acids is 3. The Kier molecular flexibility index (Phi) is 46.4. The maximum Gasteiger partial charge on any atom is 0.306 e. The van der Waals surface area contributed by atoms with Gasteiger partial charge in [-0.3, -0.25) is 14.4 Å². The minimum atomic E-state index is -0.781. The van der Waals surface area contributed by atoms with Crippen LogP contribution in [-0.2, 0) is 28.6 Å². The van der Waals surface area contributed by atoms with Crippen LogP contribution in [0.1, 0.15) is 265 Å². The van der Waals surface area contributed by atoms with Crippen molar-refractivity contribution in [1.82, 2.24) is 0 Å². The SMILES string of the molecule is CC/C=C\C/C=C\C/C=C\CCCCC(=O)OCC(COC(=O)CCCCCCCCCCCCCCCCCC)OC(=O)CCCCCCCCCCCCCCC. The Hall–Kier alpha value is -2.37. The molecule has 0 aliphatic heterocycles. The van der Waals surface area contributed by atoms with E-state index in [0.29, 0.717) is 19.3 Å². The summed E-state index contributed by atoms with van der Waals surface area (Å²) in [4.78, 5) is 37.9. The zero-order valence-corrected chi connectivity index (χ0v) is 39.3. The van der Waals surface area contributed by atoms with Gasteiger partial charge in [-0.1, -0.05) is 231 Å². The lowest BCUT2D eigenvalue weighted by Crippen LogP contribution is -2.30. The summed E-state index contributed by atoms with van der Waals surface area (Å²) in [6.45, 7) is 6.51. The maximum atomic E-state index is 12.8. The Morgan fingerprint density at radius 1 is 0.356 bits per heavy atom. The molecule has 0 aromatic heterocycles. The molecule has 0 saturated carbocycles. The molecular weight excluding hydrogens is 733 g/mol.